The molecule has 0 fully saturated rings. The number of nitrogens with one attached hydrogen (secondary N) is 2. The summed E-state index contributed by atoms with van der Waals surface area (Å²) in [5, 5.41) is 18.6. The molecule has 0 amide bonds. The van der Waals surface area contributed by atoms with Crippen LogP contribution in [-0.2, 0) is 13.1 Å². The molecule has 29 heavy (non-hydrogen) atoms. The van der Waals surface area contributed by atoms with Crippen LogP contribution in [0.25, 0.3) is 0 Å². The van der Waals surface area contributed by atoms with E-state index in [0.717, 1.165) is 15.8 Å². The van der Waals surface area contributed by atoms with Crippen molar-refractivity contribution >= 4 is 23.4 Å². The molecule has 0 saturated heterocycles. The number of rotatable bonds is 8. The van der Waals surface area contributed by atoms with Gasteiger partial charge in [0.05, 0.1) is 18.0 Å². The van der Waals surface area contributed by atoms with Crippen molar-refractivity contribution in [2.75, 3.05) is 10.6 Å². The molecule has 3 aromatic rings. The smallest absolute Gasteiger partial charge is 0.257 e. The van der Waals surface area contributed by atoms with E-state index in [1.807, 2.05) is 13.0 Å². The van der Waals surface area contributed by atoms with Crippen molar-refractivity contribution in [2.45, 2.75) is 32.9 Å². The summed E-state index contributed by atoms with van der Waals surface area (Å²) in [5.74, 6) is 0.575. The molecule has 3 aromatic heterocycles. The molecule has 9 nitrogen and oxygen atoms in total. The lowest BCUT2D eigenvalue weighted by Crippen LogP contribution is -2.08. The molecule has 2 N–H and O–H groups in total. The van der Waals surface area contributed by atoms with E-state index in [9.17, 15) is 13.6 Å². The van der Waals surface area contributed by atoms with Crippen LogP contribution in [0.2, 0.25) is 0 Å². The van der Waals surface area contributed by atoms with Crippen LogP contribution < -0.4 is 10.6 Å². The maximum absolute atomic E-state index is 12.4. The van der Waals surface area contributed by atoms with Gasteiger partial charge in [-0.1, -0.05) is 0 Å². The van der Waals surface area contributed by atoms with Crippen molar-refractivity contribution in [3.63, 3.8) is 0 Å². The Morgan fingerprint density at radius 1 is 1.34 bits per heavy atom. The summed E-state index contributed by atoms with van der Waals surface area (Å²) in [6.07, 6.45) is 5.08. The van der Waals surface area contributed by atoms with E-state index in [1.54, 1.807) is 24.7 Å². The minimum atomic E-state index is -2.49. The lowest BCUT2D eigenvalue weighted by molar-refractivity contribution is 0.0919. The SMILES string of the molecule is Cc1cnc(Nc2cnn(CC(F)F)c2)nc1NCc1ccn(C(=O)CC#N)c1. The third-order valence-corrected chi connectivity index (χ3v) is 3.92. The van der Waals surface area contributed by atoms with Gasteiger partial charge in [0.15, 0.2) is 0 Å². The summed E-state index contributed by atoms with van der Waals surface area (Å²) in [5.41, 5.74) is 2.15. The van der Waals surface area contributed by atoms with Crippen LogP contribution in [0.3, 0.4) is 0 Å². The minimum absolute atomic E-state index is 0.185. The molecule has 3 rings (SSSR count). The van der Waals surface area contributed by atoms with Crippen LogP contribution >= 0.6 is 0 Å². The first-order valence-electron chi connectivity index (χ1n) is 8.66. The van der Waals surface area contributed by atoms with Crippen molar-refractivity contribution in [3.05, 3.63) is 48.2 Å². The number of hydrogen-bond acceptors (Lipinski definition) is 7. The molecule has 0 spiro atoms. The normalized spacial score (nSPS) is 10.7. The van der Waals surface area contributed by atoms with Crippen molar-refractivity contribution in [3.8, 4) is 6.07 Å². The highest BCUT2D eigenvalue weighted by Crippen LogP contribution is 2.18. The molecule has 0 radical (unpaired) electrons. The predicted octanol–water partition coefficient (Wildman–Crippen LogP) is 2.96. The number of nitriles is 1. The van der Waals surface area contributed by atoms with Crippen molar-refractivity contribution in [2.24, 2.45) is 0 Å². The fraction of sp³-hybridized carbons (Fsp3) is 0.278. The number of carbonyl (C=O) groups is 1. The zero-order chi connectivity index (χ0) is 20.8. The van der Waals surface area contributed by atoms with E-state index in [2.05, 4.69) is 25.7 Å². The third-order valence-electron chi connectivity index (χ3n) is 3.92. The first-order chi connectivity index (χ1) is 13.9. The standard InChI is InChI=1S/C18H18F2N8O/c1-12-6-23-18(25-14-8-24-28(10-14)11-15(19)20)26-17(12)22-7-13-3-5-27(9-13)16(29)2-4-21/h3,5-6,8-10,15H,2,7,11H2,1H3,(H2,22,23,25,26). The largest absolute Gasteiger partial charge is 0.366 e. The summed E-state index contributed by atoms with van der Waals surface area (Å²) in [4.78, 5) is 20.3. The van der Waals surface area contributed by atoms with Gasteiger partial charge in [-0.3, -0.25) is 14.0 Å². The maximum atomic E-state index is 12.4. The minimum Gasteiger partial charge on any atom is -0.366 e. The zero-order valence-corrected chi connectivity index (χ0v) is 15.5. The average molecular weight is 400 g/mol. The van der Waals surface area contributed by atoms with Gasteiger partial charge in [0.2, 0.25) is 11.9 Å². The fourth-order valence-electron chi connectivity index (χ4n) is 2.52. The Hall–Kier alpha value is -3.81. The Labute approximate surface area is 165 Å². The van der Waals surface area contributed by atoms with E-state index >= 15 is 0 Å². The molecular weight excluding hydrogens is 382 g/mol. The topological polar surface area (TPSA) is 113 Å². The number of halogens is 2. The lowest BCUT2D eigenvalue weighted by Gasteiger charge is -2.09. The molecule has 3 heterocycles. The highest BCUT2D eigenvalue weighted by atomic mass is 19.3. The van der Waals surface area contributed by atoms with Gasteiger partial charge in [-0.25, -0.2) is 13.8 Å². The molecule has 0 bridgehead atoms. The van der Waals surface area contributed by atoms with Crippen LogP contribution in [0, 0.1) is 18.3 Å². The van der Waals surface area contributed by atoms with E-state index in [4.69, 9.17) is 5.26 Å². The van der Waals surface area contributed by atoms with Crippen molar-refractivity contribution in [1.82, 2.24) is 24.3 Å². The van der Waals surface area contributed by atoms with Gasteiger partial charge in [-0.15, -0.1) is 0 Å². The molecule has 0 aliphatic carbocycles. The van der Waals surface area contributed by atoms with Crippen LogP contribution in [0.1, 0.15) is 22.3 Å². The lowest BCUT2D eigenvalue weighted by atomic mass is 10.3. The number of hydrogen-bond donors (Lipinski definition) is 2. The van der Waals surface area contributed by atoms with Gasteiger partial charge in [-0.2, -0.15) is 15.3 Å². The predicted molar refractivity (Wildman–Crippen MR) is 101 cm³/mol. The van der Waals surface area contributed by atoms with E-state index < -0.39 is 13.0 Å². The third kappa shape index (κ3) is 5.35. The molecule has 0 aromatic carbocycles. The number of carbonyl (C=O) groups excluding carboxylic acids is 1. The van der Waals surface area contributed by atoms with Gasteiger partial charge >= 0.3 is 0 Å². The molecular formula is C18H18F2N8O. The van der Waals surface area contributed by atoms with Gasteiger partial charge in [0, 0.05) is 36.9 Å². The Bertz CT molecular complexity index is 1040. The molecule has 0 atom stereocenters. The quantitative estimate of drug-likeness (QED) is 0.598. The fourth-order valence-corrected chi connectivity index (χ4v) is 2.52. The number of aromatic nitrogens is 5. The zero-order valence-electron chi connectivity index (χ0n) is 15.5. The molecule has 150 valence electrons. The van der Waals surface area contributed by atoms with Crippen LogP contribution in [0.5, 0.6) is 0 Å². The van der Waals surface area contributed by atoms with Gasteiger partial charge in [0.25, 0.3) is 6.43 Å². The number of anilines is 3. The summed E-state index contributed by atoms with van der Waals surface area (Å²) in [7, 11) is 0. The maximum Gasteiger partial charge on any atom is 0.257 e. The Morgan fingerprint density at radius 2 is 2.17 bits per heavy atom. The Morgan fingerprint density at radius 3 is 2.93 bits per heavy atom. The highest BCUT2D eigenvalue weighted by Gasteiger charge is 2.09. The van der Waals surface area contributed by atoms with Crippen LogP contribution in [0.15, 0.2) is 37.1 Å². The summed E-state index contributed by atoms with van der Waals surface area (Å²) in [6.45, 7) is 1.77. The van der Waals surface area contributed by atoms with Gasteiger partial charge < -0.3 is 10.6 Å². The van der Waals surface area contributed by atoms with E-state index in [0.29, 0.717) is 18.1 Å². The Kier molecular flexibility index (Phi) is 6.13. The molecule has 0 aliphatic heterocycles. The summed E-state index contributed by atoms with van der Waals surface area (Å²) >= 11 is 0. The second-order valence-corrected chi connectivity index (χ2v) is 6.20. The molecule has 11 heteroatoms. The molecule has 0 aliphatic rings. The summed E-state index contributed by atoms with van der Waals surface area (Å²) in [6, 6.07) is 3.60. The monoisotopic (exact) mass is 400 g/mol. The first kappa shape index (κ1) is 19.9. The molecule has 0 unspecified atom stereocenters. The van der Waals surface area contributed by atoms with E-state index in [-0.39, 0.29) is 18.3 Å². The number of alkyl halides is 2. The second-order valence-electron chi connectivity index (χ2n) is 6.20. The van der Waals surface area contributed by atoms with E-state index in [1.165, 1.54) is 17.0 Å². The Balaban J connectivity index is 1.64. The first-order valence-corrected chi connectivity index (χ1v) is 8.66. The average Bonchev–Trinajstić information content (AvgIpc) is 3.31. The second kappa shape index (κ2) is 8.92. The number of nitrogens with zero attached hydrogens (tertiary/aromatic N) is 6. The van der Waals surface area contributed by atoms with Crippen LogP contribution in [0.4, 0.5) is 26.2 Å². The number of aryl methyl sites for hydroxylation is 1. The van der Waals surface area contributed by atoms with Crippen molar-refractivity contribution in [1.29, 1.82) is 5.26 Å². The highest BCUT2D eigenvalue weighted by molar-refractivity contribution is 5.81. The van der Waals surface area contributed by atoms with Gasteiger partial charge in [-0.05, 0) is 18.6 Å². The van der Waals surface area contributed by atoms with Gasteiger partial charge in [0.1, 0.15) is 18.8 Å². The summed E-state index contributed by atoms with van der Waals surface area (Å²) < 4.78 is 27.3. The molecule has 0 saturated carbocycles. The van der Waals surface area contributed by atoms with Crippen molar-refractivity contribution < 1.29 is 13.6 Å². The van der Waals surface area contributed by atoms with Crippen LogP contribution in [-0.4, -0.2) is 36.6 Å².